The van der Waals surface area contributed by atoms with Gasteiger partial charge in [0.15, 0.2) is 5.78 Å². The van der Waals surface area contributed by atoms with E-state index in [-0.39, 0.29) is 5.78 Å². The highest BCUT2D eigenvalue weighted by Gasteiger charge is 2.13. The van der Waals surface area contributed by atoms with Crippen molar-refractivity contribution in [3.05, 3.63) is 64.2 Å². The molecule has 0 heterocycles. The number of ketones is 1. The third-order valence-electron chi connectivity index (χ3n) is 3.48. The SMILES string of the molecule is COc1ccc(CC(=O)c2c(C)cc(C)cc2C)cc1. The summed E-state index contributed by atoms with van der Waals surface area (Å²) in [6.45, 7) is 6.06. The Bertz CT molecular complexity index is 601. The lowest BCUT2D eigenvalue weighted by atomic mass is 9.93. The van der Waals surface area contributed by atoms with Gasteiger partial charge in [0.1, 0.15) is 5.75 Å². The minimum Gasteiger partial charge on any atom is -0.497 e. The molecule has 0 aliphatic carbocycles. The zero-order valence-electron chi connectivity index (χ0n) is 12.5. The van der Waals surface area contributed by atoms with E-state index in [1.54, 1.807) is 7.11 Å². The molecule has 2 heteroatoms. The first-order valence-electron chi connectivity index (χ1n) is 6.75. The van der Waals surface area contributed by atoms with Gasteiger partial charge in [-0.3, -0.25) is 4.79 Å². The van der Waals surface area contributed by atoms with Crippen molar-refractivity contribution in [1.82, 2.24) is 0 Å². The van der Waals surface area contributed by atoms with Crippen LogP contribution in [-0.4, -0.2) is 12.9 Å². The number of carbonyl (C=O) groups excluding carboxylic acids is 1. The smallest absolute Gasteiger partial charge is 0.167 e. The predicted molar refractivity (Wildman–Crippen MR) is 81.7 cm³/mol. The van der Waals surface area contributed by atoms with E-state index in [4.69, 9.17) is 4.74 Å². The van der Waals surface area contributed by atoms with Gasteiger partial charge in [0.25, 0.3) is 0 Å². The van der Waals surface area contributed by atoms with E-state index in [1.807, 2.05) is 38.1 Å². The van der Waals surface area contributed by atoms with Crippen molar-refractivity contribution in [1.29, 1.82) is 0 Å². The maximum Gasteiger partial charge on any atom is 0.167 e. The molecule has 0 bridgehead atoms. The van der Waals surface area contributed by atoms with Crippen LogP contribution in [0, 0.1) is 20.8 Å². The van der Waals surface area contributed by atoms with E-state index in [2.05, 4.69) is 19.1 Å². The Labute approximate surface area is 120 Å². The molecule has 0 aliphatic heterocycles. The molecule has 0 radical (unpaired) electrons. The highest BCUT2D eigenvalue weighted by molar-refractivity contribution is 6.00. The highest BCUT2D eigenvalue weighted by atomic mass is 16.5. The fourth-order valence-corrected chi connectivity index (χ4v) is 2.64. The first-order valence-corrected chi connectivity index (χ1v) is 6.75. The summed E-state index contributed by atoms with van der Waals surface area (Å²) < 4.78 is 5.13. The average molecular weight is 268 g/mol. The summed E-state index contributed by atoms with van der Waals surface area (Å²) in [4.78, 5) is 12.5. The van der Waals surface area contributed by atoms with Gasteiger partial charge in [0.2, 0.25) is 0 Å². The number of carbonyl (C=O) groups is 1. The lowest BCUT2D eigenvalue weighted by Crippen LogP contribution is -2.08. The molecular formula is C18H20O2. The summed E-state index contributed by atoms with van der Waals surface area (Å²) in [5.74, 6) is 0.981. The van der Waals surface area contributed by atoms with Crippen LogP contribution in [-0.2, 0) is 6.42 Å². The molecule has 2 rings (SSSR count). The Kier molecular flexibility index (Phi) is 4.23. The number of aryl methyl sites for hydroxylation is 3. The monoisotopic (exact) mass is 268 g/mol. The molecular weight excluding hydrogens is 248 g/mol. The quantitative estimate of drug-likeness (QED) is 0.782. The lowest BCUT2D eigenvalue weighted by molar-refractivity contribution is 0.0992. The normalized spacial score (nSPS) is 10.4. The molecule has 20 heavy (non-hydrogen) atoms. The van der Waals surface area contributed by atoms with Crippen LogP contribution in [0.4, 0.5) is 0 Å². The van der Waals surface area contributed by atoms with E-state index < -0.39 is 0 Å². The summed E-state index contributed by atoms with van der Waals surface area (Å²) in [6.07, 6.45) is 0.425. The Morgan fingerprint density at radius 1 is 1.00 bits per heavy atom. The molecule has 2 nitrogen and oxygen atoms in total. The summed E-state index contributed by atoms with van der Waals surface area (Å²) in [7, 11) is 1.64. The molecule has 0 N–H and O–H groups in total. The summed E-state index contributed by atoms with van der Waals surface area (Å²) in [6, 6.07) is 11.8. The van der Waals surface area contributed by atoms with Crippen LogP contribution >= 0.6 is 0 Å². The molecule has 0 aliphatic rings. The number of hydrogen-bond donors (Lipinski definition) is 0. The van der Waals surface area contributed by atoms with Crippen molar-refractivity contribution in [2.24, 2.45) is 0 Å². The minimum absolute atomic E-state index is 0.171. The molecule has 0 aromatic heterocycles. The zero-order chi connectivity index (χ0) is 14.7. The van der Waals surface area contributed by atoms with Gasteiger partial charge in [-0.2, -0.15) is 0 Å². The topological polar surface area (TPSA) is 26.3 Å². The fraction of sp³-hybridized carbons (Fsp3) is 0.278. The summed E-state index contributed by atoms with van der Waals surface area (Å²) in [5, 5.41) is 0. The first kappa shape index (κ1) is 14.3. The minimum atomic E-state index is 0.171. The average Bonchev–Trinajstić information content (AvgIpc) is 2.38. The van der Waals surface area contributed by atoms with Crippen LogP contribution in [0.3, 0.4) is 0 Å². The zero-order valence-corrected chi connectivity index (χ0v) is 12.5. The fourth-order valence-electron chi connectivity index (χ4n) is 2.64. The van der Waals surface area contributed by atoms with Gasteiger partial charge >= 0.3 is 0 Å². The van der Waals surface area contributed by atoms with Crippen molar-refractivity contribution in [2.75, 3.05) is 7.11 Å². The van der Waals surface area contributed by atoms with Gasteiger partial charge < -0.3 is 4.74 Å². The number of Topliss-reactive ketones (excluding diaryl/α,β-unsaturated/α-hetero) is 1. The van der Waals surface area contributed by atoms with Crippen molar-refractivity contribution in [3.63, 3.8) is 0 Å². The molecule has 0 saturated heterocycles. The van der Waals surface area contributed by atoms with Crippen LogP contribution in [0.2, 0.25) is 0 Å². The van der Waals surface area contributed by atoms with Crippen molar-refractivity contribution in [2.45, 2.75) is 27.2 Å². The van der Waals surface area contributed by atoms with E-state index in [0.29, 0.717) is 6.42 Å². The van der Waals surface area contributed by atoms with Crippen LogP contribution in [0.5, 0.6) is 5.75 Å². The lowest BCUT2D eigenvalue weighted by Gasteiger charge is -2.10. The molecule has 0 amide bonds. The van der Waals surface area contributed by atoms with Gasteiger partial charge in [-0.05, 0) is 49.6 Å². The number of ether oxygens (including phenoxy) is 1. The third-order valence-corrected chi connectivity index (χ3v) is 3.48. The maximum atomic E-state index is 12.5. The number of rotatable bonds is 4. The molecule has 0 atom stereocenters. The predicted octanol–water partition coefficient (Wildman–Crippen LogP) is 4.05. The molecule has 0 unspecified atom stereocenters. The summed E-state index contributed by atoms with van der Waals surface area (Å²) in [5.41, 5.74) is 5.17. The first-order chi connectivity index (χ1) is 9.51. The van der Waals surface area contributed by atoms with Crippen molar-refractivity contribution in [3.8, 4) is 5.75 Å². The van der Waals surface area contributed by atoms with Crippen molar-refractivity contribution >= 4 is 5.78 Å². The molecule has 0 saturated carbocycles. The molecule has 0 fully saturated rings. The Balaban J connectivity index is 2.23. The van der Waals surface area contributed by atoms with Crippen LogP contribution in [0.1, 0.15) is 32.6 Å². The van der Waals surface area contributed by atoms with E-state index in [1.165, 1.54) is 5.56 Å². The van der Waals surface area contributed by atoms with Gasteiger partial charge in [-0.1, -0.05) is 29.8 Å². The largest absolute Gasteiger partial charge is 0.497 e. The van der Waals surface area contributed by atoms with Crippen molar-refractivity contribution < 1.29 is 9.53 Å². The van der Waals surface area contributed by atoms with Crippen LogP contribution in [0.25, 0.3) is 0 Å². The Hall–Kier alpha value is -2.09. The van der Waals surface area contributed by atoms with Gasteiger partial charge in [-0.15, -0.1) is 0 Å². The Morgan fingerprint density at radius 2 is 1.55 bits per heavy atom. The number of benzene rings is 2. The molecule has 0 spiro atoms. The van der Waals surface area contributed by atoms with Crippen LogP contribution in [0.15, 0.2) is 36.4 Å². The molecule has 2 aromatic rings. The van der Waals surface area contributed by atoms with E-state index in [0.717, 1.165) is 28.0 Å². The van der Waals surface area contributed by atoms with E-state index >= 15 is 0 Å². The summed E-state index contributed by atoms with van der Waals surface area (Å²) >= 11 is 0. The Morgan fingerprint density at radius 3 is 2.05 bits per heavy atom. The second kappa shape index (κ2) is 5.91. The van der Waals surface area contributed by atoms with Crippen LogP contribution < -0.4 is 4.74 Å². The highest BCUT2D eigenvalue weighted by Crippen LogP contribution is 2.19. The van der Waals surface area contributed by atoms with Gasteiger partial charge in [0, 0.05) is 12.0 Å². The molecule has 2 aromatic carbocycles. The third kappa shape index (κ3) is 3.08. The van der Waals surface area contributed by atoms with Gasteiger partial charge in [-0.25, -0.2) is 0 Å². The maximum absolute atomic E-state index is 12.5. The van der Waals surface area contributed by atoms with Gasteiger partial charge in [0.05, 0.1) is 7.11 Å². The second-order valence-corrected chi connectivity index (χ2v) is 5.22. The number of hydrogen-bond acceptors (Lipinski definition) is 2. The number of methoxy groups -OCH3 is 1. The van der Waals surface area contributed by atoms with E-state index in [9.17, 15) is 4.79 Å². The second-order valence-electron chi connectivity index (χ2n) is 5.22. The standard InChI is InChI=1S/C18H20O2/c1-12-9-13(2)18(14(3)10-12)17(19)11-15-5-7-16(20-4)8-6-15/h5-10H,11H2,1-4H3. The molecule has 104 valence electrons.